The smallest absolute Gasteiger partial charge is 0.338 e. The zero-order chi connectivity index (χ0) is 20.6. The molecule has 2 heterocycles. The number of piperidine rings is 1. The quantitative estimate of drug-likeness (QED) is 0.757. The fourth-order valence-corrected chi connectivity index (χ4v) is 3.47. The number of benzene rings is 1. The van der Waals surface area contributed by atoms with Crippen LogP contribution in [0, 0.1) is 5.92 Å². The molecule has 152 valence electrons. The lowest BCUT2D eigenvalue weighted by Crippen LogP contribution is -2.42. The van der Waals surface area contributed by atoms with E-state index in [4.69, 9.17) is 4.74 Å². The zero-order valence-electron chi connectivity index (χ0n) is 16.5. The van der Waals surface area contributed by atoms with E-state index in [0.29, 0.717) is 42.4 Å². The third-order valence-corrected chi connectivity index (χ3v) is 5.18. The molecule has 0 bridgehead atoms. The van der Waals surface area contributed by atoms with Gasteiger partial charge in [-0.05, 0) is 42.5 Å². The van der Waals surface area contributed by atoms with E-state index in [9.17, 15) is 14.4 Å². The Morgan fingerprint density at radius 3 is 2.52 bits per heavy atom. The van der Waals surface area contributed by atoms with Gasteiger partial charge in [-0.1, -0.05) is 24.3 Å². The van der Waals surface area contributed by atoms with Gasteiger partial charge in [0.15, 0.2) is 0 Å². The van der Waals surface area contributed by atoms with Crippen LogP contribution in [0.5, 0.6) is 0 Å². The van der Waals surface area contributed by atoms with E-state index in [1.54, 1.807) is 42.6 Å². The Bertz CT molecular complexity index is 861. The number of esters is 1. The number of carbonyl (C=O) groups is 3. The Balaban J connectivity index is 1.48. The molecule has 1 fully saturated rings. The van der Waals surface area contributed by atoms with E-state index in [1.807, 2.05) is 11.0 Å². The van der Waals surface area contributed by atoms with Crippen molar-refractivity contribution in [3.63, 3.8) is 0 Å². The van der Waals surface area contributed by atoms with Gasteiger partial charge in [0.25, 0.3) is 5.91 Å². The predicted octanol–water partition coefficient (Wildman–Crippen LogP) is 2.08. The Morgan fingerprint density at radius 2 is 1.83 bits per heavy atom. The number of likely N-dealkylation sites (tertiary alicyclic amines) is 1. The summed E-state index contributed by atoms with van der Waals surface area (Å²) in [6, 6.07) is 12.3. The van der Waals surface area contributed by atoms with E-state index < -0.39 is 5.97 Å². The predicted molar refractivity (Wildman–Crippen MR) is 107 cm³/mol. The summed E-state index contributed by atoms with van der Waals surface area (Å²) >= 11 is 0. The number of hydrogen-bond donors (Lipinski definition) is 1. The molecule has 0 radical (unpaired) electrons. The first-order chi connectivity index (χ1) is 14.1. The van der Waals surface area contributed by atoms with Crippen molar-refractivity contribution in [3.8, 4) is 0 Å². The lowest BCUT2D eigenvalue weighted by atomic mass is 9.96. The van der Waals surface area contributed by atoms with Crippen molar-refractivity contribution in [1.29, 1.82) is 0 Å². The van der Waals surface area contributed by atoms with E-state index in [-0.39, 0.29) is 18.2 Å². The van der Waals surface area contributed by atoms with Gasteiger partial charge in [-0.3, -0.25) is 14.6 Å². The second-order valence-corrected chi connectivity index (χ2v) is 7.07. The van der Waals surface area contributed by atoms with Crippen molar-refractivity contribution in [1.82, 2.24) is 15.2 Å². The number of nitrogens with one attached hydrogen (secondary N) is 1. The molecule has 1 aliphatic rings. The van der Waals surface area contributed by atoms with Gasteiger partial charge in [-0.2, -0.15) is 0 Å². The van der Waals surface area contributed by atoms with Crippen LogP contribution in [0.3, 0.4) is 0 Å². The first-order valence-electron chi connectivity index (χ1n) is 9.71. The highest BCUT2D eigenvalue weighted by Crippen LogP contribution is 2.19. The van der Waals surface area contributed by atoms with Gasteiger partial charge in [-0.15, -0.1) is 0 Å². The normalized spacial score (nSPS) is 14.3. The van der Waals surface area contributed by atoms with Gasteiger partial charge in [-0.25, -0.2) is 4.79 Å². The summed E-state index contributed by atoms with van der Waals surface area (Å²) in [5, 5.41) is 2.92. The molecule has 1 N–H and O–H groups in total. The second kappa shape index (κ2) is 9.82. The number of ether oxygens (including phenoxy) is 1. The molecule has 1 saturated heterocycles. The van der Waals surface area contributed by atoms with Crippen LogP contribution >= 0.6 is 0 Å². The van der Waals surface area contributed by atoms with Crippen LogP contribution in [-0.4, -0.2) is 54.4 Å². The van der Waals surface area contributed by atoms with Crippen LogP contribution in [0.4, 0.5) is 0 Å². The van der Waals surface area contributed by atoms with Crippen molar-refractivity contribution in [2.24, 2.45) is 5.92 Å². The summed E-state index contributed by atoms with van der Waals surface area (Å²) < 4.78 is 4.79. The maximum Gasteiger partial charge on any atom is 0.338 e. The Hall–Kier alpha value is -3.22. The highest BCUT2D eigenvalue weighted by Gasteiger charge is 2.24. The number of hydrogen-bond acceptors (Lipinski definition) is 5. The largest absolute Gasteiger partial charge is 0.465 e. The summed E-state index contributed by atoms with van der Waals surface area (Å²) in [4.78, 5) is 42.5. The number of nitrogens with zero attached hydrogens (tertiary/aromatic N) is 2. The van der Waals surface area contributed by atoms with Gasteiger partial charge in [0.1, 0.15) is 5.69 Å². The molecule has 1 aliphatic heterocycles. The summed E-state index contributed by atoms with van der Waals surface area (Å²) in [7, 11) is 1.33. The molecule has 0 unspecified atom stereocenters. The van der Waals surface area contributed by atoms with Crippen molar-refractivity contribution < 1.29 is 19.1 Å². The fourth-order valence-electron chi connectivity index (χ4n) is 3.47. The average molecular weight is 395 g/mol. The van der Waals surface area contributed by atoms with Crippen molar-refractivity contribution in [3.05, 3.63) is 65.5 Å². The number of carbonyl (C=O) groups excluding carboxylic acids is 3. The van der Waals surface area contributed by atoms with Crippen LogP contribution in [0.25, 0.3) is 0 Å². The second-order valence-electron chi connectivity index (χ2n) is 7.07. The number of pyridine rings is 1. The lowest BCUT2D eigenvalue weighted by molar-refractivity contribution is -0.131. The number of rotatable bonds is 6. The topological polar surface area (TPSA) is 88.6 Å². The van der Waals surface area contributed by atoms with E-state index in [0.717, 1.165) is 12.8 Å². The molecule has 7 nitrogen and oxygen atoms in total. The van der Waals surface area contributed by atoms with E-state index >= 15 is 0 Å². The van der Waals surface area contributed by atoms with Crippen molar-refractivity contribution in [2.75, 3.05) is 26.7 Å². The minimum absolute atomic E-state index is 0.00248. The molecule has 2 amide bonds. The molecule has 7 heteroatoms. The van der Waals surface area contributed by atoms with Crippen LogP contribution in [0.2, 0.25) is 0 Å². The third-order valence-electron chi connectivity index (χ3n) is 5.18. The maximum absolute atomic E-state index is 12.7. The minimum atomic E-state index is -0.434. The van der Waals surface area contributed by atoms with Gasteiger partial charge < -0.3 is 15.0 Å². The van der Waals surface area contributed by atoms with Crippen LogP contribution < -0.4 is 5.32 Å². The Morgan fingerprint density at radius 1 is 1.10 bits per heavy atom. The summed E-state index contributed by atoms with van der Waals surface area (Å²) in [5.41, 5.74) is 1.51. The molecule has 1 aromatic heterocycles. The average Bonchev–Trinajstić information content (AvgIpc) is 2.78. The summed E-state index contributed by atoms with van der Waals surface area (Å²) in [6.07, 6.45) is 3.42. The maximum atomic E-state index is 12.7. The minimum Gasteiger partial charge on any atom is -0.465 e. The first kappa shape index (κ1) is 20.5. The first-order valence-corrected chi connectivity index (χ1v) is 9.71. The molecule has 0 aliphatic carbocycles. The van der Waals surface area contributed by atoms with Crippen LogP contribution in [0.15, 0.2) is 48.7 Å². The Labute approximate surface area is 170 Å². The van der Waals surface area contributed by atoms with Gasteiger partial charge in [0, 0.05) is 25.8 Å². The zero-order valence-corrected chi connectivity index (χ0v) is 16.5. The molecular formula is C22H25N3O4. The molecule has 0 spiro atoms. The number of methoxy groups -OCH3 is 1. The monoisotopic (exact) mass is 395 g/mol. The molecule has 2 aromatic rings. The third kappa shape index (κ3) is 5.40. The van der Waals surface area contributed by atoms with Gasteiger partial charge >= 0.3 is 5.97 Å². The summed E-state index contributed by atoms with van der Waals surface area (Å²) in [5.74, 6) is -0.286. The fraction of sp³-hybridized carbons (Fsp3) is 0.364. The van der Waals surface area contributed by atoms with Crippen LogP contribution in [0.1, 0.15) is 39.3 Å². The van der Waals surface area contributed by atoms with Gasteiger partial charge in [0.05, 0.1) is 19.1 Å². The number of amides is 2. The highest BCUT2D eigenvalue weighted by molar-refractivity contribution is 5.93. The van der Waals surface area contributed by atoms with Gasteiger partial charge in [0.2, 0.25) is 5.91 Å². The molecule has 3 rings (SSSR count). The SMILES string of the molecule is COC(=O)c1ccccc1CC(=O)N1CCC(CNC(=O)c2ccccn2)CC1. The highest BCUT2D eigenvalue weighted by atomic mass is 16.5. The number of aromatic nitrogens is 1. The molecular weight excluding hydrogens is 370 g/mol. The van der Waals surface area contributed by atoms with Crippen molar-refractivity contribution >= 4 is 17.8 Å². The standard InChI is InChI=1S/C22H25N3O4/c1-29-22(28)18-7-3-2-6-17(18)14-20(26)25-12-9-16(10-13-25)15-24-21(27)19-8-4-5-11-23-19/h2-8,11,16H,9-10,12-15H2,1H3,(H,24,27). The Kier molecular flexibility index (Phi) is 6.94. The van der Waals surface area contributed by atoms with Crippen molar-refractivity contribution in [2.45, 2.75) is 19.3 Å². The molecule has 29 heavy (non-hydrogen) atoms. The molecule has 0 saturated carbocycles. The van der Waals surface area contributed by atoms with E-state index in [1.165, 1.54) is 7.11 Å². The molecule has 0 atom stereocenters. The lowest BCUT2D eigenvalue weighted by Gasteiger charge is -2.32. The summed E-state index contributed by atoms with van der Waals surface area (Å²) in [6.45, 7) is 1.86. The van der Waals surface area contributed by atoms with E-state index in [2.05, 4.69) is 10.3 Å². The van der Waals surface area contributed by atoms with Crippen LogP contribution in [-0.2, 0) is 16.0 Å². The molecule has 1 aromatic carbocycles.